The Morgan fingerprint density at radius 1 is 0.634 bits per heavy atom. The zero-order valence-corrected chi connectivity index (χ0v) is 25.0. The summed E-state index contributed by atoms with van der Waals surface area (Å²) in [6.07, 6.45) is 7.69. The van der Waals surface area contributed by atoms with Gasteiger partial charge in [-0.2, -0.15) is 5.10 Å². The van der Waals surface area contributed by atoms with Gasteiger partial charge in [0.1, 0.15) is 24.7 Å². The Morgan fingerprint density at radius 3 is 1.61 bits per heavy atom. The van der Waals surface area contributed by atoms with Crippen LogP contribution < -0.4 is 14.9 Å². The minimum absolute atomic E-state index is 0.587. The predicted molar refractivity (Wildman–Crippen MR) is 169 cm³/mol. The van der Waals surface area contributed by atoms with Gasteiger partial charge >= 0.3 is 0 Å². The number of anilines is 1. The lowest BCUT2D eigenvalue weighted by atomic mass is 10.1. The molecule has 8 heteroatoms. The van der Waals surface area contributed by atoms with Gasteiger partial charge in [0.25, 0.3) is 0 Å². The van der Waals surface area contributed by atoms with Crippen LogP contribution in [0, 0.1) is 0 Å². The summed E-state index contributed by atoms with van der Waals surface area (Å²) in [5, 5.41) is 6.05. The van der Waals surface area contributed by atoms with E-state index in [1.807, 2.05) is 54.6 Å². The number of piperidine rings is 2. The van der Waals surface area contributed by atoms with Crippen molar-refractivity contribution in [1.82, 2.24) is 9.80 Å². The Morgan fingerprint density at radius 2 is 1.12 bits per heavy atom. The Labute approximate surface area is 253 Å². The number of hydrogen-bond donors (Lipinski definition) is 1. The Kier molecular flexibility index (Phi) is 9.32. The normalized spacial score (nSPS) is 17.2. The fraction of sp³-hybridized carbons (Fsp3) is 0.424. The van der Waals surface area contributed by atoms with Crippen molar-refractivity contribution in [3.05, 3.63) is 75.8 Å². The standard InChI is InChI=1S/C33H38Cl2N4O2/c34-29-20-25-26-21-30(35)32(41-19-17-39-14-8-3-9-15-39)23-28(26)33(37-36-24-10-4-1-5-11-24)27(25)22-31(29)40-18-16-38-12-6-2-7-13-38/h1,4-5,10-11,20-23,36H,2-3,6-9,12-19H2. The smallest absolute Gasteiger partial charge is 0.138 e. The largest absolute Gasteiger partial charge is 0.491 e. The third kappa shape index (κ3) is 6.83. The van der Waals surface area contributed by atoms with Crippen LogP contribution in [0.5, 0.6) is 11.5 Å². The molecule has 3 aromatic rings. The fourth-order valence-corrected chi connectivity index (χ4v) is 6.44. The Balaban J connectivity index is 1.26. The van der Waals surface area contributed by atoms with Gasteiger partial charge in [0.15, 0.2) is 0 Å². The van der Waals surface area contributed by atoms with Crippen LogP contribution in [0.15, 0.2) is 59.7 Å². The van der Waals surface area contributed by atoms with E-state index in [2.05, 4.69) is 15.2 Å². The van der Waals surface area contributed by atoms with Crippen molar-refractivity contribution in [3.8, 4) is 22.6 Å². The second-order valence-corrected chi connectivity index (χ2v) is 11.9. The van der Waals surface area contributed by atoms with Crippen molar-refractivity contribution in [2.75, 3.05) is 57.9 Å². The lowest BCUT2D eigenvalue weighted by Crippen LogP contribution is -2.33. The van der Waals surface area contributed by atoms with E-state index in [9.17, 15) is 0 Å². The quantitative estimate of drug-likeness (QED) is 0.192. The molecule has 0 unspecified atom stereocenters. The average molecular weight is 594 g/mol. The summed E-state index contributed by atoms with van der Waals surface area (Å²) < 4.78 is 12.5. The number of para-hydroxylation sites is 1. The van der Waals surface area contributed by atoms with Crippen LogP contribution >= 0.6 is 23.2 Å². The molecule has 2 aliphatic heterocycles. The molecule has 216 valence electrons. The molecule has 6 rings (SSSR count). The highest BCUT2D eigenvalue weighted by Crippen LogP contribution is 2.45. The first-order valence-electron chi connectivity index (χ1n) is 14.9. The Hall–Kier alpha value is -2.77. The molecule has 41 heavy (non-hydrogen) atoms. The number of hydrogen-bond acceptors (Lipinski definition) is 6. The summed E-state index contributed by atoms with van der Waals surface area (Å²) in [4.78, 5) is 4.93. The first kappa shape index (κ1) is 28.4. The number of halogens is 2. The topological polar surface area (TPSA) is 49.3 Å². The average Bonchev–Trinajstić information content (AvgIpc) is 3.28. The Bertz CT molecular complexity index is 1290. The summed E-state index contributed by atoms with van der Waals surface area (Å²) in [5.74, 6) is 1.35. The third-order valence-corrected chi connectivity index (χ3v) is 8.83. The van der Waals surface area contributed by atoms with Gasteiger partial charge in [0.05, 0.1) is 21.4 Å². The highest BCUT2D eigenvalue weighted by atomic mass is 35.5. The molecule has 2 fully saturated rings. The van der Waals surface area contributed by atoms with Gasteiger partial charge < -0.3 is 9.47 Å². The van der Waals surface area contributed by atoms with Crippen molar-refractivity contribution in [3.63, 3.8) is 0 Å². The second-order valence-electron chi connectivity index (χ2n) is 11.1. The lowest BCUT2D eigenvalue weighted by molar-refractivity contribution is 0.183. The van der Waals surface area contributed by atoms with Crippen LogP contribution in [0.25, 0.3) is 11.1 Å². The highest BCUT2D eigenvalue weighted by Gasteiger charge is 2.29. The van der Waals surface area contributed by atoms with E-state index in [1.54, 1.807) is 0 Å². The van der Waals surface area contributed by atoms with Crippen LogP contribution in [0.3, 0.4) is 0 Å². The zero-order valence-electron chi connectivity index (χ0n) is 23.5. The summed E-state index contributed by atoms with van der Waals surface area (Å²) >= 11 is 13.5. The van der Waals surface area contributed by atoms with Gasteiger partial charge in [-0.15, -0.1) is 0 Å². The van der Waals surface area contributed by atoms with Crippen LogP contribution in [0.2, 0.25) is 10.0 Å². The summed E-state index contributed by atoms with van der Waals surface area (Å²) in [6.45, 7) is 7.56. The van der Waals surface area contributed by atoms with Crippen LogP contribution in [-0.4, -0.2) is 68.0 Å². The molecule has 6 nitrogen and oxygen atoms in total. The number of fused-ring (bicyclic) bond motifs is 3. The highest BCUT2D eigenvalue weighted by molar-refractivity contribution is 6.35. The van der Waals surface area contributed by atoms with Gasteiger partial charge in [0.2, 0.25) is 0 Å². The van der Waals surface area contributed by atoms with E-state index >= 15 is 0 Å². The maximum atomic E-state index is 6.77. The van der Waals surface area contributed by atoms with Crippen LogP contribution in [0.1, 0.15) is 49.7 Å². The maximum absolute atomic E-state index is 6.77. The second kappa shape index (κ2) is 13.5. The molecule has 0 spiro atoms. The molecular weight excluding hydrogens is 555 g/mol. The molecule has 2 heterocycles. The molecule has 0 amide bonds. The number of benzene rings is 3. The molecule has 0 aromatic heterocycles. The summed E-state index contributed by atoms with van der Waals surface area (Å²) in [6, 6.07) is 17.9. The van der Waals surface area contributed by atoms with Crippen molar-refractivity contribution >= 4 is 34.6 Å². The predicted octanol–water partition coefficient (Wildman–Crippen LogP) is 7.57. The van der Waals surface area contributed by atoms with Crippen molar-refractivity contribution < 1.29 is 9.47 Å². The number of nitrogens with zero attached hydrogens (tertiary/aromatic N) is 3. The van der Waals surface area contributed by atoms with Gasteiger partial charge in [-0.25, -0.2) is 0 Å². The molecular formula is C33H38Cl2N4O2. The summed E-state index contributed by atoms with van der Waals surface area (Å²) in [7, 11) is 0. The number of ether oxygens (including phenoxy) is 2. The van der Waals surface area contributed by atoms with E-state index in [0.29, 0.717) is 34.8 Å². The van der Waals surface area contributed by atoms with Crippen LogP contribution in [-0.2, 0) is 0 Å². The molecule has 0 saturated carbocycles. The molecule has 0 radical (unpaired) electrons. The lowest BCUT2D eigenvalue weighted by Gasteiger charge is -2.26. The molecule has 1 aliphatic carbocycles. The number of hydrazone groups is 1. The molecule has 2 saturated heterocycles. The third-order valence-electron chi connectivity index (χ3n) is 8.24. The van der Waals surface area contributed by atoms with Gasteiger partial charge in [-0.05, 0) is 99.4 Å². The minimum atomic E-state index is 0.587. The molecule has 3 aliphatic rings. The molecule has 3 aromatic carbocycles. The van der Waals surface area contributed by atoms with E-state index < -0.39 is 0 Å². The van der Waals surface area contributed by atoms with E-state index in [0.717, 1.165) is 72.9 Å². The number of nitrogens with one attached hydrogen (secondary N) is 1. The molecule has 1 N–H and O–H groups in total. The summed E-state index contributed by atoms with van der Waals surface area (Å²) in [5.41, 5.74) is 8.86. The zero-order chi connectivity index (χ0) is 28.0. The maximum Gasteiger partial charge on any atom is 0.138 e. The van der Waals surface area contributed by atoms with Gasteiger partial charge in [-0.3, -0.25) is 15.2 Å². The first-order chi connectivity index (χ1) is 20.2. The first-order valence-corrected chi connectivity index (χ1v) is 15.7. The van der Waals surface area contributed by atoms with E-state index in [-0.39, 0.29) is 0 Å². The van der Waals surface area contributed by atoms with Crippen molar-refractivity contribution in [1.29, 1.82) is 0 Å². The fourth-order valence-electron chi connectivity index (χ4n) is 6.00. The molecule has 0 atom stereocenters. The van der Waals surface area contributed by atoms with Crippen LogP contribution in [0.4, 0.5) is 5.69 Å². The van der Waals surface area contributed by atoms with E-state index in [4.69, 9.17) is 37.8 Å². The van der Waals surface area contributed by atoms with Gasteiger partial charge in [0, 0.05) is 24.2 Å². The minimum Gasteiger partial charge on any atom is -0.491 e. The van der Waals surface area contributed by atoms with E-state index in [1.165, 1.54) is 38.5 Å². The SMILES string of the molecule is Clc1cc2c(cc1OCCN1CCCCC1)C(=NNc1ccccc1)c1cc(OCCN3CCCCC3)c(Cl)cc1-2. The molecule has 0 bridgehead atoms. The van der Waals surface area contributed by atoms with Gasteiger partial charge in [-0.1, -0.05) is 54.2 Å². The van der Waals surface area contributed by atoms with Crippen molar-refractivity contribution in [2.24, 2.45) is 5.10 Å². The number of likely N-dealkylation sites (tertiary alicyclic amines) is 2. The monoisotopic (exact) mass is 592 g/mol. The van der Waals surface area contributed by atoms with Crippen molar-refractivity contribution in [2.45, 2.75) is 38.5 Å². The number of rotatable bonds is 10.